The Balaban J connectivity index is 0.000000423. The first kappa shape index (κ1) is 13.8. The summed E-state index contributed by atoms with van der Waals surface area (Å²) in [5.41, 5.74) is 0. The van der Waals surface area contributed by atoms with Crippen LogP contribution in [0.25, 0.3) is 0 Å². The molecule has 0 aliphatic carbocycles. The number of hydrogen-bond donors (Lipinski definition) is 1. The van der Waals surface area contributed by atoms with Crippen LogP contribution >= 0.6 is 0 Å². The Morgan fingerprint density at radius 1 is 1.40 bits per heavy atom. The third kappa shape index (κ3) is 9.12. The van der Waals surface area contributed by atoms with Gasteiger partial charge in [0, 0.05) is 32.9 Å². The van der Waals surface area contributed by atoms with Gasteiger partial charge in [0.1, 0.15) is 0 Å². The summed E-state index contributed by atoms with van der Waals surface area (Å²) >= 11 is 0. The lowest BCUT2D eigenvalue weighted by Gasteiger charge is -2.17. The molecule has 1 N–H and O–H groups in total. The van der Waals surface area contributed by atoms with Gasteiger partial charge in [0.25, 0.3) is 5.97 Å². The molecule has 1 heterocycles. The van der Waals surface area contributed by atoms with Gasteiger partial charge in [0.05, 0.1) is 6.67 Å². The number of unbranched alkanes of at least 4 members (excludes halogenated alkanes) is 2. The molecule has 88 valence electrons. The van der Waals surface area contributed by atoms with E-state index in [1.54, 1.807) is 0 Å². The van der Waals surface area contributed by atoms with Crippen LogP contribution in [0.15, 0.2) is 12.4 Å². The van der Waals surface area contributed by atoms with Crippen LogP contribution in [0, 0.1) is 0 Å². The highest BCUT2D eigenvalue weighted by atomic mass is 16.4. The Morgan fingerprint density at radius 2 is 2.00 bits per heavy atom. The average Bonchev–Trinajstić information content (AvgIpc) is 2.51. The molecule has 0 radical (unpaired) electrons. The van der Waals surface area contributed by atoms with Gasteiger partial charge in [-0.1, -0.05) is 19.8 Å². The Morgan fingerprint density at radius 3 is 2.40 bits per heavy atom. The van der Waals surface area contributed by atoms with Gasteiger partial charge in [-0.05, 0) is 6.42 Å². The van der Waals surface area contributed by atoms with Crippen molar-refractivity contribution in [3.63, 3.8) is 0 Å². The van der Waals surface area contributed by atoms with Crippen LogP contribution in [0.1, 0.15) is 33.1 Å². The summed E-state index contributed by atoms with van der Waals surface area (Å²) in [6.45, 7) is 5.62. The molecule has 1 aliphatic heterocycles. The Hall–Kier alpha value is -1.19. The zero-order chi connectivity index (χ0) is 11.7. The number of hydrogen-bond acceptors (Lipinski definition) is 3. The van der Waals surface area contributed by atoms with E-state index >= 15 is 0 Å². The largest absolute Gasteiger partial charge is 0.481 e. The second-order valence-corrected chi connectivity index (χ2v) is 3.74. The second-order valence-electron chi connectivity index (χ2n) is 3.74. The van der Waals surface area contributed by atoms with Crippen molar-refractivity contribution in [1.29, 1.82) is 0 Å². The predicted octanol–water partition coefficient (Wildman–Crippen LogP) is 1.94. The summed E-state index contributed by atoms with van der Waals surface area (Å²) in [7, 11) is 2.11. The number of carbonyl (C=O) groups is 1. The topological polar surface area (TPSA) is 43.8 Å². The van der Waals surface area contributed by atoms with E-state index in [0.717, 1.165) is 13.6 Å². The molecule has 0 aromatic heterocycles. The molecule has 0 amide bonds. The molecular formula is C11H22N2O2. The lowest BCUT2D eigenvalue weighted by atomic mass is 10.2. The van der Waals surface area contributed by atoms with E-state index in [4.69, 9.17) is 9.90 Å². The molecule has 0 unspecified atom stereocenters. The van der Waals surface area contributed by atoms with Crippen LogP contribution < -0.4 is 0 Å². The van der Waals surface area contributed by atoms with Crippen molar-refractivity contribution in [1.82, 2.24) is 9.80 Å². The van der Waals surface area contributed by atoms with Crippen molar-refractivity contribution in [3.05, 3.63) is 12.4 Å². The van der Waals surface area contributed by atoms with Crippen molar-refractivity contribution >= 4 is 5.97 Å². The monoisotopic (exact) mass is 214 g/mol. The predicted molar refractivity (Wildman–Crippen MR) is 61.3 cm³/mol. The standard InChI is InChI=1S/C9H18N2.C2H4O2/c1-3-4-5-6-11-8-7-10(2)9-11;1-2(3)4/h7-8H,3-6,9H2,1-2H3;1H3,(H,3,4). The molecular weight excluding hydrogens is 192 g/mol. The summed E-state index contributed by atoms with van der Waals surface area (Å²) in [5.74, 6) is -0.833. The number of rotatable bonds is 4. The summed E-state index contributed by atoms with van der Waals surface area (Å²) in [6.07, 6.45) is 8.30. The fourth-order valence-corrected chi connectivity index (χ4v) is 1.30. The van der Waals surface area contributed by atoms with Gasteiger partial charge in [-0.25, -0.2) is 0 Å². The van der Waals surface area contributed by atoms with Gasteiger partial charge in [-0.3, -0.25) is 4.79 Å². The normalized spacial score (nSPS) is 13.8. The molecule has 0 aromatic rings. The Labute approximate surface area is 92.2 Å². The molecule has 15 heavy (non-hydrogen) atoms. The van der Waals surface area contributed by atoms with E-state index in [1.807, 2.05) is 0 Å². The smallest absolute Gasteiger partial charge is 0.300 e. The molecule has 4 heteroatoms. The first-order valence-electron chi connectivity index (χ1n) is 5.38. The van der Waals surface area contributed by atoms with Crippen molar-refractivity contribution < 1.29 is 9.90 Å². The van der Waals surface area contributed by atoms with E-state index in [1.165, 1.54) is 25.8 Å². The number of carboxylic acids is 1. The minimum absolute atomic E-state index is 0.833. The molecule has 0 fully saturated rings. The quantitative estimate of drug-likeness (QED) is 0.726. The summed E-state index contributed by atoms with van der Waals surface area (Å²) in [5, 5.41) is 7.42. The molecule has 0 aromatic carbocycles. The Kier molecular flexibility index (Phi) is 7.50. The molecule has 0 bridgehead atoms. The molecule has 0 spiro atoms. The van der Waals surface area contributed by atoms with Crippen LogP contribution in [0.5, 0.6) is 0 Å². The van der Waals surface area contributed by atoms with Crippen molar-refractivity contribution in [3.8, 4) is 0 Å². The fourth-order valence-electron chi connectivity index (χ4n) is 1.30. The Bertz CT molecular complexity index is 201. The molecule has 0 saturated heterocycles. The van der Waals surface area contributed by atoms with Crippen LogP contribution in [0.2, 0.25) is 0 Å². The maximum absolute atomic E-state index is 9.00. The minimum Gasteiger partial charge on any atom is -0.481 e. The van der Waals surface area contributed by atoms with Crippen molar-refractivity contribution in [2.45, 2.75) is 33.1 Å². The fraction of sp³-hybridized carbons (Fsp3) is 0.727. The highest BCUT2D eigenvalue weighted by Gasteiger charge is 2.06. The zero-order valence-electron chi connectivity index (χ0n) is 9.94. The SMILES string of the molecule is CC(=O)O.CCCCCN1C=CN(C)C1. The minimum atomic E-state index is -0.833. The van der Waals surface area contributed by atoms with Crippen LogP contribution in [-0.2, 0) is 4.79 Å². The lowest BCUT2D eigenvalue weighted by Crippen LogP contribution is -2.23. The van der Waals surface area contributed by atoms with E-state index in [0.29, 0.717) is 0 Å². The molecule has 1 aliphatic rings. The highest BCUT2D eigenvalue weighted by molar-refractivity contribution is 5.62. The average molecular weight is 214 g/mol. The molecule has 0 saturated carbocycles. The van der Waals surface area contributed by atoms with Crippen molar-refractivity contribution in [2.24, 2.45) is 0 Å². The summed E-state index contributed by atoms with van der Waals surface area (Å²) in [6, 6.07) is 0. The summed E-state index contributed by atoms with van der Waals surface area (Å²) < 4.78 is 0. The van der Waals surface area contributed by atoms with E-state index < -0.39 is 5.97 Å². The lowest BCUT2D eigenvalue weighted by molar-refractivity contribution is -0.134. The van der Waals surface area contributed by atoms with Gasteiger partial charge in [-0.15, -0.1) is 0 Å². The second kappa shape index (κ2) is 8.15. The van der Waals surface area contributed by atoms with Crippen molar-refractivity contribution in [2.75, 3.05) is 20.3 Å². The van der Waals surface area contributed by atoms with Gasteiger partial charge >= 0.3 is 0 Å². The first-order chi connectivity index (χ1) is 7.06. The van der Waals surface area contributed by atoms with Crippen LogP contribution in [0.4, 0.5) is 0 Å². The van der Waals surface area contributed by atoms with Gasteiger partial charge in [0.2, 0.25) is 0 Å². The summed E-state index contributed by atoms with van der Waals surface area (Å²) in [4.78, 5) is 13.6. The van der Waals surface area contributed by atoms with Gasteiger partial charge < -0.3 is 14.9 Å². The molecule has 0 atom stereocenters. The maximum atomic E-state index is 9.00. The third-order valence-electron chi connectivity index (χ3n) is 1.99. The van der Waals surface area contributed by atoms with Gasteiger partial charge in [0.15, 0.2) is 0 Å². The third-order valence-corrected chi connectivity index (χ3v) is 1.99. The number of nitrogens with zero attached hydrogens (tertiary/aromatic N) is 2. The van der Waals surface area contributed by atoms with Gasteiger partial charge in [-0.2, -0.15) is 0 Å². The van der Waals surface area contributed by atoms with E-state index in [-0.39, 0.29) is 0 Å². The molecule has 1 rings (SSSR count). The zero-order valence-corrected chi connectivity index (χ0v) is 9.94. The van der Waals surface area contributed by atoms with Crippen LogP contribution in [-0.4, -0.2) is 41.1 Å². The number of aliphatic carboxylic acids is 1. The van der Waals surface area contributed by atoms with Crippen LogP contribution in [0.3, 0.4) is 0 Å². The highest BCUT2D eigenvalue weighted by Crippen LogP contribution is 2.05. The van der Waals surface area contributed by atoms with E-state index in [9.17, 15) is 0 Å². The van der Waals surface area contributed by atoms with E-state index in [2.05, 4.69) is 36.2 Å². The first-order valence-corrected chi connectivity index (χ1v) is 5.38. The maximum Gasteiger partial charge on any atom is 0.300 e. The number of carboxylic acid groups (broad SMARTS) is 1. The molecule has 4 nitrogen and oxygen atoms in total.